The number of rotatable bonds is 9. The number of ether oxygens (including phenoxy) is 1. The van der Waals surface area contributed by atoms with Gasteiger partial charge in [0.25, 0.3) is 0 Å². The first-order chi connectivity index (χ1) is 17.3. The number of halogens is 4. The quantitative estimate of drug-likeness (QED) is 0.189. The molecule has 0 saturated heterocycles. The second-order valence-electron chi connectivity index (χ2n) is 7.28. The lowest BCUT2D eigenvalue weighted by atomic mass is 10.1. The van der Waals surface area contributed by atoms with Crippen LogP contribution in [0.1, 0.15) is 10.6 Å². The van der Waals surface area contributed by atoms with Gasteiger partial charge in [0.05, 0.1) is 26.9 Å². The van der Waals surface area contributed by atoms with Gasteiger partial charge in [-0.05, 0) is 30.5 Å². The van der Waals surface area contributed by atoms with Gasteiger partial charge in [-0.25, -0.2) is 13.2 Å². The zero-order valence-electron chi connectivity index (χ0n) is 19.1. The number of anilines is 1. The fourth-order valence-corrected chi connectivity index (χ4v) is 4.88. The van der Waals surface area contributed by atoms with Gasteiger partial charge in [-0.2, -0.15) is 13.2 Å². The van der Waals surface area contributed by atoms with E-state index in [4.69, 9.17) is 21.7 Å². The highest BCUT2D eigenvalue weighted by Gasteiger charge is 2.34. The molecule has 0 atom stereocenters. The number of nitrogens with zero attached hydrogens (tertiary/aromatic N) is 2. The number of hydrogen-bond donors (Lipinski definition) is 2. The third-order valence-electron chi connectivity index (χ3n) is 4.59. The molecule has 15 heteroatoms. The summed E-state index contributed by atoms with van der Waals surface area (Å²) in [7, 11) is -3.52. The van der Waals surface area contributed by atoms with Gasteiger partial charge in [-0.3, -0.25) is 5.41 Å². The van der Waals surface area contributed by atoms with Gasteiger partial charge in [0.1, 0.15) is 10.9 Å². The molecular weight excluding hydrogens is 573 g/mol. The smallest absolute Gasteiger partial charge is 0.418 e. The van der Waals surface area contributed by atoms with E-state index in [2.05, 4.69) is 15.5 Å². The molecule has 0 aliphatic heterocycles. The molecule has 0 saturated carbocycles. The van der Waals surface area contributed by atoms with Gasteiger partial charge >= 0.3 is 12.1 Å². The van der Waals surface area contributed by atoms with Crippen molar-refractivity contribution in [3.63, 3.8) is 0 Å². The SMILES string of the molecule is CSCOC(=O)C(=N)/C(Cl)=C(\Nc1ccccc1C(F)(F)F)c1nnc(-c2cccc(S(C)(=O)=O)c2)s1. The van der Waals surface area contributed by atoms with Crippen molar-refractivity contribution in [1.29, 1.82) is 5.41 Å². The number of esters is 1. The number of carbonyl (C=O) groups excluding carboxylic acids is 1. The predicted molar refractivity (Wildman–Crippen MR) is 138 cm³/mol. The highest BCUT2D eigenvalue weighted by Crippen LogP contribution is 2.38. The minimum atomic E-state index is -4.72. The van der Waals surface area contributed by atoms with Gasteiger partial charge < -0.3 is 10.1 Å². The van der Waals surface area contributed by atoms with Crippen molar-refractivity contribution in [2.24, 2.45) is 0 Å². The summed E-state index contributed by atoms with van der Waals surface area (Å²) in [5, 5.41) is 18.3. The van der Waals surface area contributed by atoms with Crippen LogP contribution in [0, 0.1) is 5.41 Å². The third kappa shape index (κ3) is 7.09. The summed E-state index contributed by atoms with van der Waals surface area (Å²) in [5.41, 5.74) is -2.12. The molecule has 196 valence electrons. The van der Waals surface area contributed by atoms with Crippen molar-refractivity contribution in [1.82, 2.24) is 10.2 Å². The Bertz CT molecular complexity index is 1470. The zero-order chi connectivity index (χ0) is 27.4. The molecule has 0 unspecified atom stereocenters. The minimum Gasteiger partial charge on any atom is -0.450 e. The van der Waals surface area contributed by atoms with Gasteiger partial charge in [-0.1, -0.05) is 47.2 Å². The Balaban J connectivity index is 2.12. The van der Waals surface area contributed by atoms with Gasteiger partial charge in [0.15, 0.2) is 20.6 Å². The third-order valence-corrected chi connectivity index (χ3v) is 7.42. The highest BCUT2D eigenvalue weighted by molar-refractivity contribution is 7.98. The molecule has 0 aliphatic carbocycles. The van der Waals surface area contributed by atoms with E-state index in [1.807, 2.05) is 0 Å². The molecule has 1 aromatic heterocycles. The first kappa shape index (κ1) is 28.6. The maximum atomic E-state index is 13.6. The summed E-state index contributed by atoms with van der Waals surface area (Å²) >= 11 is 8.36. The fourth-order valence-electron chi connectivity index (χ4n) is 2.88. The highest BCUT2D eigenvalue weighted by atomic mass is 35.5. The number of nitrogens with one attached hydrogen (secondary N) is 2. The van der Waals surface area contributed by atoms with Crippen molar-refractivity contribution in [2.75, 3.05) is 23.8 Å². The second-order valence-corrected chi connectivity index (χ2v) is 11.5. The van der Waals surface area contributed by atoms with Crippen LogP contribution in [-0.4, -0.2) is 48.7 Å². The fraction of sp³-hybridized carbons (Fsp3) is 0.182. The number of sulfone groups is 1. The maximum absolute atomic E-state index is 13.6. The summed E-state index contributed by atoms with van der Waals surface area (Å²) in [6.07, 6.45) is -2.01. The number of hydrogen-bond acceptors (Lipinski definition) is 10. The molecule has 3 aromatic rings. The lowest BCUT2D eigenvalue weighted by Crippen LogP contribution is -2.19. The van der Waals surface area contributed by atoms with Crippen LogP contribution in [0.4, 0.5) is 18.9 Å². The standard InChI is InChI=1S/C22H18ClF3N4O4S3/c1-35-11-34-21(31)17(27)16(23)18(28-15-9-4-3-8-14(15)22(24,25)26)20-30-29-19(36-20)12-6-5-7-13(10-12)37(2,32)33/h3-10,27-28H,11H2,1-2H3/b18-16+,27-17?. The van der Waals surface area contributed by atoms with Crippen LogP contribution in [-0.2, 0) is 25.5 Å². The number of thioether (sulfide) groups is 1. The van der Waals surface area contributed by atoms with E-state index < -0.39 is 44.0 Å². The minimum absolute atomic E-state index is 0.0334. The van der Waals surface area contributed by atoms with E-state index in [9.17, 15) is 26.4 Å². The van der Waals surface area contributed by atoms with E-state index >= 15 is 0 Å². The summed E-state index contributed by atoms with van der Waals surface area (Å²) in [4.78, 5) is 12.3. The summed E-state index contributed by atoms with van der Waals surface area (Å²) in [6.45, 7) is 0. The molecule has 8 nitrogen and oxygen atoms in total. The van der Waals surface area contributed by atoms with E-state index in [1.165, 1.54) is 42.1 Å². The molecule has 0 amide bonds. The molecule has 2 N–H and O–H groups in total. The molecule has 0 spiro atoms. The van der Waals surface area contributed by atoms with Gasteiger partial charge in [0.2, 0.25) is 0 Å². The summed E-state index contributed by atoms with van der Waals surface area (Å²) < 4.78 is 69.6. The Kier molecular flexibility index (Phi) is 9.00. The first-order valence-electron chi connectivity index (χ1n) is 10.0. The van der Waals surface area contributed by atoms with Crippen molar-refractivity contribution in [3.8, 4) is 10.6 Å². The zero-order valence-corrected chi connectivity index (χ0v) is 22.3. The lowest BCUT2D eigenvalue weighted by Gasteiger charge is -2.16. The average Bonchev–Trinajstić information content (AvgIpc) is 3.34. The molecule has 3 rings (SSSR count). The largest absolute Gasteiger partial charge is 0.450 e. The van der Waals surface area contributed by atoms with Crippen LogP contribution < -0.4 is 5.32 Å². The molecule has 0 radical (unpaired) electrons. The van der Waals surface area contributed by atoms with Crippen LogP contribution in [0.3, 0.4) is 0 Å². The second kappa shape index (κ2) is 11.6. The normalized spacial score (nSPS) is 12.6. The van der Waals surface area contributed by atoms with Crippen molar-refractivity contribution in [3.05, 3.63) is 64.1 Å². The summed E-state index contributed by atoms with van der Waals surface area (Å²) in [6, 6.07) is 10.4. The van der Waals surface area contributed by atoms with Gasteiger partial charge in [-0.15, -0.1) is 22.0 Å². The molecule has 0 fully saturated rings. The predicted octanol–water partition coefficient (Wildman–Crippen LogP) is 5.53. The first-order valence-corrected chi connectivity index (χ1v) is 14.5. The van der Waals surface area contributed by atoms with Crippen LogP contribution in [0.15, 0.2) is 58.5 Å². The summed E-state index contributed by atoms with van der Waals surface area (Å²) in [5.74, 6) is -1.15. The van der Waals surface area contributed by atoms with Crippen LogP contribution in [0.2, 0.25) is 0 Å². The molecular formula is C22H18ClF3N4O4S3. The van der Waals surface area contributed by atoms with Crippen molar-refractivity contribution < 1.29 is 31.1 Å². The monoisotopic (exact) mass is 590 g/mol. The Morgan fingerprint density at radius 2 is 1.89 bits per heavy atom. The number of carbonyl (C=O) groups is 1. The Morgan fingerprint density at radius 3 is 2.54 bits per heavy atom. The maximum Gasteiger partial charge on any atom is 0.418 e. The van der Waals surface area contributed by atoms with Crippen LogP contribution >= 0.6 is 34.7 Å². The van der Waals surface area contributed by atoms with Gasteiger partial charge in [0, 0.05) is 11.8 Å². The molecule has 2 aromatic carbocycles. The van der Waals surface area contributed by atoms with Crippen molar-refractivity contribution in [2.45, 2.75) is 11.1 Å². The Morgan fingerprint density at radius 1 is 1.19 bits per heavy atom. The van der Waals surface area contributed by atoms with Crippen LogP contribution in [0.5, 0.6) is 0 Å². The Hall–Kier alpha value is -2.94. The van der Waals surface area contributed by atoms with E-state index in [0.717, 1.165) is 29.7 Å². The lowest BCUT2D eigenvalue weighted by molar-refractivity contribution is -0.137. The topological polar surface area (TPSA) is 122 Å². The average molecular weight is 591 g/mol. The molecule has 37 heavy (non-hydrogen) atoms. The Labute approximate surface area is 223 Å². The molecule has 1 heterocycles. The van der Waals surface area contributed by atoms with E-state index in [-0.39, 0.29) is 26.5 Å². The number of para-hydroxylation sites is 1. The molecule has 0 bridgehead atoms. The molecule has 0 aliphatic rings. The van der Waals surface area contributed by atoms with E-state index in [1.54, 1.807) is 12.3 Å². The van der Waals surface area contributed by atoms with Crippen molar-refractivity contribution >= 4 is 67.6 Å². The number of alkyl halides is 3. The number of aromatic nitrogens is 2. The van der Waals surface area contributed by atoms with Crippen LogP contribution in [0.25, 0.3) is 16.3 Å². The number of benzene rings is 2. The van der Waals surface area contributed by atoms with E-state index in [0.29, 0.717) is 5.56 Å².